The quantitative estimate of drug-likeness (QED) is 0.492. The molecule has 4 rings (SSSR count). The van der Waals surface area contributed by atoms with E-state index in [1.807, 2.05) is 0 Å². The van der Waals surface area contributed by atoms with Gasteiger partial charge in [-0.25, -0.2) is 4.39 Å². The minimum atomic E-state index is -1.08. The molecular weight excluding hydrogens is 499 g/mol. The van der Waals surface area contributed by atoms with Gasteiger partial charge in [0.1, 0.15) is 18.5 Å². The summed E-state index contributed by atoms with van der Waals surface area (Å²) in [6, 6.07) is 6.05. The van der Waals surface area contributed by atoms with Crippen molar-refractivity contribution in [2.75, 3.05) is 36.5 Å². The molecule has 0 unspecified atom stereocenters. The standard InChI is InChI=1S/C23H24ClFN4O5S/c24-19-7-6-18(35-19)23(33)26-11-16(28-21(31)13-2-1-3-13)22(32)27-14-4-5-17(15(25)10-14)29-8-9-34-12-20(29)30/h4-7,10,13,16H,1-3,8-9,11-12H2,(H,26,33)(H,27,32)(H,28,31)/t16-/m0/s1. The number of anilines is 2. The first-order valence-electron chi connectivity index (χ1n) is 11.1. The molecule has 1 atom stereocenters. The van der Waals surface area contributed by atoms with E-state index in [-0.39, 0.29) is 48.8 Å². The number of hydrogen-bond acceptors (Lipinski definition) is 6. The second kappa shape index (κ2) is 11.1. The number of benzene rings is 1. The maximum atomic E-state index is 14.8. The van der Waals surface area contributed by atoms with Crippen molar-refractivity contribution in [1.82, 2.24) is 10.6 Å². The molecule has 0 radical (unpaired) electrons. The average molecular weight is 523 g/mol. The zero-order chi connectivity index (χ0) is 24.9. The van der Waals surface area contributed by atoms with Crippen molar-refractivity contribution in [3.05, 3.63) is 45.4 Å². The molecule has 3 N–H and O–H groups in total. The Balaban J connectivity index is 1.43. The van der Waals surface area contributed by atoms with Crippen molar-refractivity contribution >= 4 is 57.9 Å². The summed E-state index contributed by atoms with van der Waals surface area (Å²) in [5.41, 5.74) is 0.240. The average Bonchev–Trinajstić information content (AvgIpc) is 3.22. The molecule has 4 amide bonds. The van der Waals surface area contributed by atoms with Gasteiger partial charge < -0.3 is 25.6 Å². The van der Waals surface area contributed by atoms with Crippen LogP contribution < -0.4 is 20.9 Å². The second-order valence-electron chi connectivity index (χ2n) is 8.26. The largest absolute Gasteiger partial charge is 0.370 e. The molecule has 12 heteroatoms. The summed E-state index contributed by atoms with van der Waals surface area (Å²) >= 11 is 6.97. The third kappa shape index (κ3) is 6.16. The highest BCUT2D eigenvalue weighted by atomic mass is 35.5. The predicted molar refractivity (Wildman–Crippen MR) is 129 cm³/mol. The molecule has 1 aliphatic heterocycles. The molecular formula is C23H24ClFN4O5S. The summed E-state index contributed by atoms with van der Waals surface area (Å²) in [7, 11) is 0. The van der Waals surface area contributed by atoms with Crippen LogP contribution >= 0.6 is 22.9 Å². The lowest BCUT2D eigenvalue weighted by Crippen LogP contribution is -2.52. The zero-order valence-corrected chi connectivity index (χ0v) is 20.2. The van der Waals surface area contributed by atoms with E-state index in [1.54, 1.807) is 12.1 Å². The van der Waals surface area contributed by atoms with Crippen molar-refractivity contribution in [1.29, 1.82) is 0 Å². The van der Waals surface area contributed by atoms with Gasteiger partial charge in [-0.2, -0.15) is 0 Å². The van der Waals surface area contributed by atoms with Gasteiger partial charge in [0.05, 0.1) is 21.5 Å². The highest BCUT2D eigenvalue weighted by Gasteiger charge is 2.30. The molecule has 1 saturated carbocycles. The highest BCUT2D eigenvalue weighted by Crippen LogP contribution is 2.27. The number of amides is 4. The first kappa shape index (κ1) is 25.1. The van der Waals surface area contributed by atoms with Crippen LogP contribution in [0.2, 0.25) is 4.34 Å². The van der Waals surface area contributed by atoms with E-state index >= 15 is 0 Å². The highest BCUT2D eigenvalue weighted by molar-refractivity contribution is 7.18. The monoisotopic (exact) mass is 522 g/mol. The Morgan fingerprint density at radius 2 is 2.03 bits per heavy atom. The van der Waals surface area contributed by atoms with E-state index < -0.39 is 23.7 Å². The Morgan fingerprint density at radius 1 is 1.23 bits per heavy atom. The summed E-state index contributed by atoms with van der Waals surface area (Å²) in [6.07, 6.45) is 2.43. The molecule has 0 spiro atoms. The fourth-order valence-electron chi connectivity index (χ4n) is 3.69. The number of hydrogen-bond donors (Lipinski definition) is 3. The molecule has 1 aliphatic carbocycles. The van der Waals surface area contributed by atoms with E-state index in [9.17, 15) is 23.6 Å². The number of halogens is 2. The van der Waals surface area contributed by atoms with Crippen molar-refractivity contribution in [3.8, 4) is 0 Å². The third-order valence-corrected chi connectivity index (χ3v) is 7.09. The Hall–Kier alpha value is -3.02. The Bertz CT molecular complexity index is 1140. The molecule has 2 aliphatic rings. The second-order valence-corrected chi connectivity index (χ2v) is 9.97. The molecule has 9 nitrogen and oxygen atoms in total. The zero-order valence-electron chi connectivity index (χ0n) is 18.6. The van der Waals surface area contributed by atoms with Crippen LogP contribution in [-0.2, 0) is 19.1 Å². The lowest BCUT2D eigenvalue weighted by Gasteiger charge is -2.28. The Kier molecular flexibility index (Phi) is 7.99. The molecule has 2 heterocycles. The van der Waals surface area contributed by atoms with Crippen LogP contribution in [0.15, 0.2) is 30.3 Å². The first-order valence-corrected chi connectivity index (χ1v) is 12.3. The fourth-order valence-corrected chi connectivity index (χ4v) is 4.65. The van der Waals surface area contributed by atoms with Gasteiger partial charge in [0.15, 0.2) is 0 Å². The van der Waals surface area contributed by atoms with Crippen LogP contribution in [0.1, 0.15) is 28.9 Å². The molecule has 2 fully saturated rings. The van der Waals surface area contributed by atoms with Gasteiger partial charge in [0.2, 0.25) is 11.8 Å². The Morgan fingerprint density at radius 3 is 2.66 bits per heavy atom. The summed E-state index contributed by atoms with van der Waals surface area (Å²) in [4.78, 5) is 51.5. The van der Waals surface area contributed by atoms with Gasteiger partial charge in [0, 0.05) is 24.7 Å². The molecule has 1 saturated heterocycles. The molecule has 1 aromatic heterocycles. The normalized spacial score (nSPS) is 16.9. The fraction of sp³-hybridized carbons (Fsp3) is 0.391. The van der Waals surface area contributed by atoms with Gasteiger partial charge in [-0.15, -0.1) is 11.3 Å². The van der Waals surface area contributed by atoms with E-state index in [2.05, 4.69) is 16.0 Å². The first-order chi connectivity index (χ1) is 16.8. The van der Waals surface area contributed by atoms with Crippen molar-refractivity contribution in [2.24, 2.45) is 5.92 Å². The number of nitrogens with one attached hydrogen (secondary N) is 3. The number of carbonyl (C=O) groups excluding carboxylic acids is 4. The summed E-state index contributed by atoms with van der Waals surface area (Å²) in [5.74, 6) is -2.51. The number of morpholine rings is 1. The topological polar surface area (TPSA) is 117 Å². The van der Waals surface area contributed by atoms with Gasteiger partial charge in [0.25, 0.3) is 11.8 Å². The smallest absolute Gasteiger partial charge is 0.261 e. The number of nitrogens with zero attached hydrogens (tertiary/aromatic N) is 1. The number of thiophene rings is 1. The third-order valence-electron chi connectivity index (χ3n) is 5.86. The van der Waals surface area contributed by atoms with E-state index in [1.165, 1.54) is 17.0 Å². The minimum Gasteiger partial charge on any atom is -0.370 e. The van der Waals surface area contributed by atoms with Gasteiger partial charge in [-0.1, -0.05) is 18.0 Å². The van der Waals surface area contributed by atoms with Crippen LogP contribution in [-0.4, -0.2) is 56.0 Å². The molecule has 35 heavy (non-hydrogen) atoms. The van der Waals surface area contributed by atoms with Crippen LogP contribution in [0.4, 0.5) is 15.8 Å². The van der Waals surface area contributed by atoms with Crippen LogP contribution in [0.3, 0.4) is 0 Å². The van der Waals surface area contributed by atoms with Gasteiger partial charge >= 0.3 is 0 Å². The van der Waals surface area contributed by atoms with Gasteiger partial charge in [-0.3, -0.25) is 19.2 Å². The maximum Gasteiger partial charge on any atom is 0.261 e. The van der Waals surface area contributed by atoms with Crippen LogP contribution in [0.25, 0.3) is 0 Å². The van der Waals surface area contributed by atoms with Crippen molar-refractivity contribution < 1.29 is 28.3 Å². The van der Waals surface area contributed by atoms with E-state index in [0.29, 0.717) is 15.8 Å². The minimum absolute atomic E-state index is 0.0907. The molecule has 186 valence electrons. The lowest BCUT2D eigenvalue weighted by molar-refractivity contribution is -0.131. The SMILES string of the molecule is O=C(NC[C@H](NC(=O)C1CCC1)C(=O)Nc1ccc(N2CCOCC2=O)c(F)c1)c1ccc(Cl)s1. The molecule has 1 aromatic carbocycles. The number of carbonyl (C=O) groups is 4. The summed E-state index contributed by atoms with van der Waals surface area (Å²) in [6.45, 7) is 0.243. The van der Waals surface area contributed by atoms with Gasteiger partial charge in [-0.05, 0) is 43.2 Å². The number of rotatable bonds is 8. The maximum absolute atomic E-state index is 14.8. The molecule has 0 bridgehead atoms. The van der Waals surface area contributed by atoms with E-state index in [4.69, 9.17) is 16.3 Å². The molecule has 2 aromatic rings. The summed E-state index contributed by atoms with van der Waals surface area (Å²) in [5, 5.41) is 7.90. The summed E-state index contributed by atoms with van der Waals surface area (Å²) < 4.78 is 20.3. The van der Waals surface area contributed by atoms with Crippen LogP contribution in [0.5, 0.6) is 0 Å². The van der Waals surface area contributed by atoms with Crippen molar-refractivity contribution in [2.45, 2.75) is 25.3 Å². The lowest BCUT2D eigenvalue weighted by atomic mass is 9.84. The Labute approximate surface area is 209 Å². The van der Waals surface area contributed by atoms with Crippen molar-refractivity contribution in [3.63, 3.8) is 0 Å². The van der Waals surface area contributed by atoms with Crippen LogP contribution in [0, 0.1) is 11.7 Å². The predicted octanol–water partition coefficient (Wildman–Crippen LogP) is 2.56. The number of ether oxygens (including phenoxy) is 1. The van der Waals surface area contributed by atoms with E-state index in [0.717, 1.165) is 36.7 Å².